The van der Waals surface area contributed by atoms with Gasteiger partial charge in [0.1, 0.15) is 0 Å². The fourth-order valence-electron chi connectivity index (χ4n) is 4.77. The molecule has 0 amide bonds. The number of hydrogen-bond acceptors (Lipinski definition) is 2. The summed E-state index contributed by atoms with van der Waals surface area (Å²) in [5.74, 6) is 0.513. The number of hydrogen-bond donors (Lipinski definition) is 1. The van der Waals surface area contributed by atoms with Crippen LogP contribution < -0.4 is 5.32 Å². The number of nitrogens with one attached hydrogen (secondary N) is 1. The zero-order valence-corrected chi connectivity index (χ0v) is 17.8. The number of aromatic nitrogens is 2. The van der Waals surface area contributed by atoms with Gasteiger partial charge in [0.15, 0.2) is 0 Å². The number of allylic oxidation sites excluding steroid dienone is 5. The Hall–Kier alpha value is -2.56. The summed E-state index contributed by atoms with van der Waals surface area (Å²) < 4.78 is 2.14. The summed E-state index contributed by atoms with van der Waals surface area (Å²) in [6, 6.07) is 6.38. The van der Waals surface area contributed by atoms with Crippen molar-refractivity contribution in [3.05, 3.63) is 94.1 Å². The first kappa shape index (κ1) is 19.4. The standard InChI is InChI=1S/C25H26ClN4/c26-21-5-6-22-23(16-21)19(4-2-13-30-14-12-28-17-30)15-20-3-1-9-29-25(20)24(22)18-7-10-27-11-8-18/h1,3,5-6,9,12,14-18,27H,2,4,7-8,10-11,13H2/q-1. The summed E-state index contributed by atoms with van der Waals surface area (Å²) in [6.45, 7) is 3.08. The van der Waals surface area contributed by atoms with E-state index in [2.05, 4.69) is 39.2 Å². The van der Waals surface area contributed by atoms with E-state index >= 15 is 0 Å². The summed E-state index contributed by atoms with van der Waals surface area (Å²) in [6.07, 6.45) is 18.6. The van der Waals surface area contributed by atoms with Crippen LogP contribution in [-0.2, 0) is 6.54 Å². The maximum absolute atomic E-state index is 6.48. The second kappa shape index (κ2) is 8.66. The molecule has 1 fully saturated rings. The third kappa shape index (κ3) is 3.90. The van der Waals surface area contributed by atoms with Crippen molar-refractivity contribution >= 4 is 22.7 Å². The molecule has 3 heterocycles. The van der Waals surface area contributed by atoms with Crippen molar-refractivity contribution in [1.29, 1.82) is 0 Å². The van der Waals surface area contributed by atoms with E-state index in [1.165, 1.54) is 27.8 Å². The highest BCUT2D eigenvalue weighted by atomic mass is 35.5. The fourth-order valence-corrected chi connectivity index (χ4v) is 4.94. The number of imidazole rings is 1. The van der Waals surface area contributed by atoms with Crippen LogP contribution in [-0.4, -0.2) is 22.6 Å². The fraction of sp³-hybridized carbons (Fsp3) is 0.320. The molecular weight excluding hydrogens is 392 g/mol. The van der Waals surface area contributed by atoms with Gasteiger partial charge in [-0.1, -0.05) is 41.5 Å². The van der Waals surface area contributed by atoms with Crippen LogP contribution in [0.1, 0.15) is 36.8 Å². The monoisotopic (exact) mass is 417 g/mol. The maximum atomic E-state index is 6.48. The lowest BCUT2D eigenvalue weighted by atomic mass is 9.81. The molecule has 0 spiro atoms. The highest BCUT2D eigenvalue weighted by Gasteiger charge is 2.25. The predicted octanol–water partition coefficient (Wildman–Crippen LogP) is 5.95. The highest BCUT2D eigenvalue weighted by molar-refractivity contribution is 6.30. The molecule has 1 aromatic carbocycles. The normalized spacial score (nSPS) is 18.8. The van der Waals surface area contributed by atoms with Crippen molar-refractivity contribution in [2.45, 2.75) is 32.2 Å². The molecule has 0 saturated carbocycles. The van der Waals surface area contributed by atoms with Crippen molar-refractivity contribution in [3.8, 4) is 0 Å². The van der Waals surface area contributed by atoms with Gasteiger partial charge in [-0.25, -0.2) is 4.98 Å². The number of nitrogens with zero attached hydrogens (tertiary/aromatic N) is 3. The van der Waals surface area contributed by atoms with Crippen LogP contribution in [0.5, 0.6) is 0 Å². The van der Waals surface area contributed by atoms with E-state index in [9.17, 15) is 0 Å². The molecule has 1 saturated heterocycles. The van der Waals surface area contributed by atoms with Gasteiger partial charge in [-0.2, -0.15) is 6.20 Å². The molecular formula is C25H26ClN4-. The predicted molar refractivity (Wildman–Crippen MR) is 124 cm³/mol. The number of benzene rings is 1. The van der Waals surface area contributed by atoms with Gasteiger partial charge in [0.2, 0.25) is 0 Å². The quantitative estimate of drug-likeness (QED) is 0.653. The minimum Gasteiger partial charge on any atom is -0.663 e. The summed E-state index contributed by atoms with van der Waals surface area (Å²) in [7, 11) is 0. The molecule has 5 heteroatoms. The Morgan fingerprint density at radius 2 is 2.10 bits per heavy atom. The van der Waals surface area contributed by atoms with Gasteiger partial charge in [-0.3, -0.25) is 0 Å². The number of rotatable bonds is 5. The topological polar surface area (TPSA) is 44.0 Å². The number of halogens is 1. The molecule has 0 bridgehead atoms. The average molecular weight is 418 g/mol. The van der Waals surface area contributed by atoms with Crippen molar-refractivity contribution in [2.24, 2.45) is 5.92 Å². The Balaban J connectivity index is 1.55. The lowest BCUT2D eigenvalue weighted by molar-refractivity contribution is 0.446. The van der Waals surface area contributed by atoms with Gasteiger partial charge in [0, 0.05) is 24.0 Å². The smallest absolute Gasteiger partial charge is 0.0945 e. The first-order chi connectivity index (χ1) is 14.8. The van der Waals surface area contributed by atoms with Crippen LogP contribution in [0.15, 0.2) is 72.6 Å². The maximum Gasteiger partial charge on any atom is 0.0945 e. The van der Waals surface area contributed by atoms with Gasteiger partial charge in [0.25, 0.3) is 0 Å². The van der Waals surface area contributed by atoms with E-state index in [1.807, 2.05) is 37.1 Å². The molecule has 2 aromatic rings. The zero-order chi connectivity index (χ0) is 20.3. The van der Waals surface area contributed by atoms with Gasteiger partial charge in [-0.05, 0) is 79.1 Å². The van der Waals surface area contributed by atoms with Crippen LogP contribution in [0.4, 0.5) is 0 Å². The van der Waals surface area contributed by atoms with Crippen LogP contribution in [0.2, 0.25) is 5.02 Å². The van der Waals surface area contributed by atoms with Crippen molar-refractivity contribution in [2.75, 3.05) is 13.1 Å². The largest absolute Gasteiger partial charge is 0.663 e. The second-order valence-corrected chi connectivity index (χ2v) is 8.58. The van der Waals surface area contributed by atoms with Gasteiger partial charge in [-0.15, -0.1) is 5.70 Å². The molecule has 30 heavy (non-hydrogen) atoms. The Labute approximate surface area is 183 Å². The van der Waals surface area contributed by atoms with Gasteiger partial charge < -0.3 is 15.2 Å². The SMILES string of the molecule is Clc1ccc2c(c1)C(CCCn1ccnc1)=CC1=CC=C[N-]C1=C2C1CCNCC1. The lowest BCUT2D eigenvalue weighted by Gasteiger charge is -2.35. The molecule has 1 N–H and O–H groups in total. The molecule has 3 aliphatic rings. The van der Waals surface area contributed by atoms with E-state index < -0.39 is 0 Å². The zero-order valence-electron chi connectivity index (χ0n) is 17.0. The third-order valence-corrected chi connectivity index (χ3v) is 6.45. The van der Waals surface area contributed by atoms with E-state index in [1.54, 1.807) is 0 Å². The Kier molecular flexibility index (Phi) is 5.60. The minimum absolute atomic E-state index is 0.513. The summed E-state index contributed by atoms with van der Waals surface area (Å²) in [4.78, 5) is 4.16. The number of fused-ring (bicyclic) bond motifs is 2. The average Bonchev–Trinajstić information content (AvgIpc) is 3.25. The Bertz CT molecular complexity index is 1040. The molecule has 4 nitrogen and oxygen atoms in total. The van der Waals surface area contributed by atoms with Crippen LogP contribution in [0, 0.1) is 5.92 Å². The van der Waals surface area contributed by atoms with Gasteiger partial charge in [0.05, 0.1) is 6.33 Å². The van der Waals surface area contributed by atoms with Crippen LogP contribution in [0.25, 0.3) is 16.5 Å². The molecule has 0 atom stereocenters. The Morgan fingerprint density at radius 3 is 2.93 bits per heavy atom. The van der Waals surface area contributed by atoms with Crippen LogP contribution in [0.3, 0.4) is 0 Å². The summed E-state index contributed by atoms with van der Waals surface area (Å²) in [5.41, 5.74) is 7.65. The minimum atomic E-state index is 0.513. The van der Waals surface area contributed by atoms with Crippen LogP contribution >= 0.6 is 11.6 Å². The van der Waals surface area contributed by atoms with E-state index in [4.69, 9.17) is 16.9 Å². The molecule has 154 valence electrons. The number of piperidine rings is 1. The van der Waals surface area contributed by atoms with Crippen molar-refractivity contribution < 1.29 is 0 Å². The summed E-state index contributed by atoms with van der Waals surface area (Å²) >= 11 is 6.48. The second-order valence-electron chi connectivity index (χ2n) is 8.14. The Morgan fingerprint density at radius 1 is 1.20 bits per heavy atom. The molecule has 1 aliphatic carbocycles. The first-order valence-electron chi connectivity index (χ1n) is 10.8. The molecule has 0 unspecified atom stereocenters. The molecule has 5 rings (SSSR count). The van der Waals surface area contributed by atoms with E-state index in [0.717, 1.165) is 56.0 Å². The van der Waals surface area contributed by atoms with Crippen molar-refractivity contribution in [1.82, 2.24) is 14.9 Å². The van der Waals surface area contributed by atoms with Crippen molar-refractivity contribution in [3.63, 3.8) is 0 Å². The van der Waals surface area contributed by atoms with E-state index in [0.29, 0.717) is 5.92 Å². The highest BCUT2D eigenvalue weighted by Crippen LogP contribution is 2.46. The third-order valence-electron chi connectivity index (χ3n) is 6.21. The summed E-state index contributed by atoms with van der Waals surface area (Å²) in [5, 5.41) is 9.16. The lowest BCUT2D eigenvalue weighted by Crippen LogP contribution is -2.28. The first-order valence-corrected chi connectivity index (χ1v) is 11.2. The van der Waals surface area contributed by atoms with E-state index in [-0.39, 0.29) is 0 Å². The molecule has 0 radical (unpaired) electrons. The number of aryl methyl sites for hydroxylation is 1. The molecule has 1 aromatic heterocycles. The van der Waals surface area contributed by atoms with Gasteiger partial charge >= 0.3 is 0 Å². The molecule has 2 aliphatic heterocycles.